The minimum Gasteiger partial charge on any atom is -0.310 e. The highest BCUT2D eigenvalue weighted by atomic mass is 14.9. The summed E-state index contributed by atoms with van der Waals surface area (Å²) in [5.74, 6) is 0. The lowest BCUT2D eigenvalue weighted by Gasteiger charge is -2.22. The van der Waals surface area contributed by atoms with Crippen molar-refractivity contribution >= 4 is 0 Å². The molecule has 1 fully saturated rings. The molecular weight excluding hydrogens is 194 g/mol. The Labute approximate surface area is 98.6 Å². The summed E-state index contributed by atoms with van der Waals surface area (Å²) < 4.78 is 0. The summed E-state index contributed by atoms with van der Waals surface area (Å²) in [6.45, 7) is 1.16. The molecule has 0 spiro atoms. The van der Waals surface area contributed by atoms with Crippen LogP contribution in [0, 0.1) is 0 Å². The molecule has 1 nitrogen and oxygen atoms in total. The molecule has 1 atom stereocenters. The first-order chi connectivity index (χ1) is 7.97. The zero-order valence-corrected chi connectivity index (χ0v) is 9.86. The highest BCUT2D eigenvalue weighted by Gasteiger charge is 2.12. The van der Waals surface area contributed by atoms with Gasteiger partial charge in [0.2, 0.25) is 0 Å². The van der Waals surface area contributed by atoms with Crippen LogP contribution in [0.1, 0.15) is 32.1 Å². The van der Waals surface area contributed by atoms with Crippen molar-refractivity contribution in [3.8, 4) is 0 Å². The largest absolute Gasteiger partial charge is 0.310 e. The zero-order chi connectivity index (χ0) is 11.1. The standard InChI is InChI=1S/C15H21N/c1-2-6-10-14(11-7-3-1)15-12-8-4-5-9-13-16-15/h1-3,6-7,10-11,15-16H,4-5,8-9,12-13H2/b2-1-,3-1?,6-2?,7-3-,10-6-,11-7?,14-10?,14-11+. The summed E-state index contributed by atoms with van der Waals surface area (Å²) in [5, 5.41) is 3.66. The summed E-state index contributed by atoms with van der Waals surface area (Å²) >= 11 is 0. The van der Waals surface area contributed by atoms with E-state index in [9.17, 15) is 0 Å². The van der Waals surface area contributed by atoms with Crippen LogP contribution in [0.15, 0.2) is 48.1 Å². The third-order valence-corrected chi connectivity index (χ3v) is 3.23. The Morgan fingerprint density at radius 2 is 1.69 bits per heavy atom. The third-order valence-electron chi connectivity index (χ3n) is 3.23. The van der Waals surface area contributed by atoms with Gasteiger partial charge in [-0.15, -0.1) is 0 Å². The molecule has 1 unspecified atom stereocenters. The Bertz CT molecular complexity index is 312. The van der Waals surface area contributed by atoms with Gasteiger partial charge in [-0.3, -0.25) is 0 Å². The average molecular weight is 215 g/mol. The molecule has 86 valence electrons. The SMILES string of the molecule is C1=C\C=C/C(C2CCCCCCN2)=C\C=C/1. The molecule has 1 heterocycles. The van der Waals surface area contributed by atoms with Gasteiger partial charge in [-0.05, 0) is 25.0 Å². The summed E-state index contributed by atoms with van der Waals surface area (Å²) in [5.41, 5.74) is 1.42. The van der Waals surface area contributed by atoms with Crippen molar-refractivity contribution in [3.63, 3.8) is 0 Å². The van der Waals surface area contributed by atoms with Gasteiger partial charge in [-0.1, -0.05) is 61.8 Å². The van der Waals surface area contributed by atoms with E-state index in [-0.39, 0.29) is 0 Å². The molecule has 1 N–H and O–H groups in total. The van der Waals surface area contributed by atoms with Crippen molar-refractivity contribution in [2.24, 2.45) is 0 Å². The summed E-state index contributed by atoms with van der Waals surface area (Å²) in [6.07, 6.45) is 21.7. The molecule has 1 heteroatoms. The van der Waals surface area contributed by atoms with Crippen LogP contribution in [-0.2, 0) is 0 Å². The molecular formula is C15H21N. The minimum atomic E-state index is 0.549. The molecule has 0 bridgehead atoms. The molecule has 1 aliphatic heterocycles. The topological polar surface area (TPSA) is 12.0 Å². The predicted octanol–water partition coefficient (Wildman–Crippen LogP) is 3.52. The highest BCUT2D eigenvalue weighted by Crippen LogP contribution is 2.17. The van der Waals surface area contributed by atoms with E-state index in [1.807, 2.05) is 0 Å². The summed E-state index contributed by atoms with van der Waals surface area (Å²) in [7, 11) is 0. The van der Waals surface area contributed by atoms with Crippen LogP contribution in [0.4, 0.5) is 0 Å². The molecule has 0 saturated carbocycles. The van der Waals surface area contributed by atoms with Crippen molar-refractivity contribution in [1.82, 2.24) is 5.32 Å². The van der Waals surface area contributed by atoms with Crippen molar-refractivity contribution < 1.29 is 0 Å². The Balaban J connectivity index is 2.03. The predicted molar refractivity (Wildman–Crippen MR) is 70.4 cm³/mol. The quantitative estimate of drug-likeness (QED) is 0.705. The lowest BCUT2D eigenvalue weighted by Crippen LogP contribution is -2.32. The van der Waals surface area contributed by atoms with E-state index in [1.54, 1.807) is 0 Å². The lowest BCUT2D eigenvalue weighted by molar-refractivity contribution is 0.455. The van der Waals surface area contributed by atoms with E-state index in [0.717, 1.165) is 6.54 Å². The average Bonchev–Trinajstić information content (AvgIpc) is 2.18. The molecule has 2 rings (SSSR count). The van der Waals surface area contributed by atoms with Gasteiger partial charge < -0.3 is 5.32 Å². The van der Waals surface area contributed by atoms with Gasteiger partial charge in [0, 0.05) is 6.04 Å². The molecule has 0 aromatic carbocycles. The van der Waals surface area contributed by atoms with E-state index < -0.39 is 0 Å². The normalized spacial score (nSPS) is 35.8. The number of allylic oxidation sites excluding steroid dienone is 6. The maximum absolute atomic E-state index is 3.66. The van der Waals surface area contributed by atoms with Gasteiger partial charge in [0.15, 0.2) is 0 Å². The number of nitrogens with one attached hydrogen (secondary N) is 1. The monoisotopic (exact) mass is 215 g/mol. The number of rotatable bonds is 1. The second-order valence-electron chi connectivity index (χ2n) is 4.51. The van der Waals surface area contributed by atoms with Gasteiger partial charge in [0.1, 0.15) is 0 Å². The molecule has 1 saturated heterocycles. The Morgan fingerprint density at radius 3 is 2.69 bits per heavy atom. The van der Waals surface area contributed by atoms with Crippen LogP contribution in [0.5, 0.6) is 0 Å². The van der Waals surface area contributed by atoms with E-state index >= 15 is 0 Å². The van der Waals surface area contributed by atoms with Gasteiger partial charge >= 0.3 is 0 Å². The second-order valence-corrected chi connectivity index (χ2v) is 4.51. The first-order valence-corrected chi connectivity index (χ1v) is 6.42. The van der Waals surface area contributed by atoms with Crippen molar-refractivity contribution in [1.29, 1.82) is 0 Å². The van der Waals surface area contributed by atoms with Crippen molar-refractivity contribution in [3.05, 3.63) is 48.1 Å². The van der Waals surface area contributed by atoms with Gasteiger partial charge in [-0.2, -0.15) is 0 Å². The van der Waals surface area contributed by atoms with E-state index in [0.29, 0.717) is 6.04 Å². The van der Waals surface area contributed by atoms with Gasteiger partial charge in [-0.25, -0.2) is 0 Å². The molecule has 0 radical (unpaired) electrons. The van der Waals surface area contributed by atoms with Gasteiger partial charge in [0.25, 0.3) is 0 Å². The maximum atomic E-state index is 3.66. The third kappa shape index (κ3) is 3.49. The molecule has 0 amide bonds. The van der Waals surface area contributed by atoms with Crippen LogP contribution in [0.3, 0.4) is 0 Å². The number of hydrogen-bond donors (Lipinski definition) is 1. The van der Waals surface area contributed by atoms with Crippen molar-refractivity contribution in [2.75, 3.05) is 6.54 Å². The van der Waals surface area contributed by atoms with E-state index in [4.69, 9.17) is 0 Å². The summed E-state index contributed by atoms with van der Waals surface area (Å²) in [4.78, 5) is 0. The Kier molecular flexibility index (Phi) is 4.63. The van der Waals surface area contributed by atoms with Crippen LogP contribution in [0.25, 0.3) is 0 Å². The number of hydrogen-bond acceptors (Lipinski definition) is 1. The summed E-state index contributed by atoms with van der Waals surface area (Å²) in [6, 6.07) is 0.549. The van der Waals surface area contributed by atoms with Crippen LogP contribution < -0.4 is 5.32 Å². The molecule has 16 heavy (non-hydrogen) atoms. The Hall–Kier alpha value is -1.08. The fourth-order valence-electron chi connectivity index (χ4n) is 2.30. The van der Waals surface area contributed by atoms with E-state index in [2.05, 4.69) is 47.8 Å². The van der Waals surface area contributed by atoms with Crippen molar-refractivity contribution in [2.45, 2.75) is 38.1 Å². The second kappa shape index (κ2) is 6.49. The maximum Gasteiger partial charge on any atom is 0.0320 e. The van der Waals surface area contributed by atoms with Crippen LogP contribution in [-0.4, -0.2) is 12.6 Å². The van der Waals surface area contributed by atoms with E-state index in [1.165, 1.54) is 37.7 Å². The van der Waals surface area contributed by atoms with Gasteiger partial charge in [0.05, 0.1) is 0 Å². The highest BCUT2D eigenvalue weighted by molar-refractivity contribution is 5.34. The zero-order valence-electron chi connectivity index (χ0n) is 9.86. The Morgan fingerprint density at radius 1 is 0.875 bits per heavy atom. The molecule has 2 aliphatic rings. The lowest BCUT2D eigenvalue weighted by atomic mass is 9.96. The van der Waals surface area contributed by atoms with Crippen LogP contribution >= 0.6 is 0 Å². The minimum absolute atomic E-state index is 0.549. The molecule has 1 aliphatic carbocycles. The molecule has 0 aromatic rings. The van der Waals surface area contributed by atoms with Crippen LogP contribution in [0.2, 0.25) is 0 Å². The fraction of sp³-hybridized carbons (Fsp3) is 0.467. The smallest absolute Gasteiger partial charge is 0.0320 e. The molecule has 0 aromatic heterocycles. The first kappa shape index (κ1) is 11.4. The first-order valence-electron chi connectivity index (χ1n) is 6.42. The fourth-order valence-corrected chi connectivity index (χ4v) is 2.30.